The summed E-state index contributed by atoms with van der Waals surface area (Å²) < 4.78 is 42.3. The molecule has 0 unspecified atom stereocenters. The Hall–Kier alpha value is -0.980. The third kappa shape index (κ3) is 6.49. The fourth-order valence-electron chi connectivity index (χ4n) is 3.09. The molecule has 0 spiro atoms. The van der Waals surface area contributed by atoms with Crippen molar-refractivity contribution >= 4 is 12.4 Å². The summed E-state index contributed by atoms with van der Waals surface area (Å²) in [5, 5.41) is 3.29. The number of nitrogens with one attached hydrogen (secondary N) is 1. The van der Waals surface area contributed by atoms with Gasteiger partial charge in [0, 0.05) is 37.8 Å². The van der Waals surface area contributed by atoms with E-state index in [1.54, 1.807) is 18.2 Å². The lowest BCUT2D eigenvalue weighted by Crippen LogP contribution is -2.45. The second kappa shape index (κ2) is 10.1. The molecule has 138 valence electrons. The zero-order chi connectivity index (χ0) is 16.7. The minimum absolute atomic E-state index is 0. The van der Waals surface area contributed by atoms with Crippen molar-refractivity contribution in [2.45, 2.75) is 45.0 Å². The maximum atomic E-state index is 12.7. The zero-order valence-electron chi connectivity index (χ0n) is 13.9. The van der Waals surface area contributed by atoms with E-state index >= 15 is 0 Å². The highest BCUT2D eigenvalue weighted by molar-refractivity contribution is 5.85. The van der Waals surface area contributed by atoms with E-state index < -0.39 is 6.36 Å². The summed E-state index contributed by atoms with van der Waals surface area (Å²) in [4.78, 5) is 2.27. The number of piperazine rings is 1. The average molecular weight is 367 g/mol. The van der Waals surface area contributed by atoms with Gasteiger partial charge in [-0.1, -0.05) is 44.4 Å². The van der Waals surface area contributed by atoms with Gasteiger partial charge in [0.25, 0.3) is 0 Å². The first-order valence-electron chi connectivity index (χ1n) is 8.30. The van der Waals surface area contributed by atoms with Gasteiger partial charge in [-0.15, -0.1) is 25.6 Å². The molecule has 0 aliphatic carbocycles. The summed E-state index contributed by atoms with van der Waals surface area (Å²) in [5.41, 5.74) is 0.642. The summed E-state index contributed by atoms with van der Waals surface area (Å²) in [5.74, 6) is -0.0694. The lowest BCUT2D eigenvalue weighted by molar-refractivity contribution is -0.275. The summed E-state index contributed by atoms with van der Waals surface area (Å²) in [6.07, 6.45) is -0.620. The molecule has 24 heavy (non-hydrogen) atoms. The Kier molecular flexibility index (Phi) is 8.87. The number of benzene rings is 1. The maximum Gasteiger partial charge on any atom is 0.573 e. The van der Waals surface area contributed by atoms with Crippen LogP contribution in [0.15, 0.2) is 24.3 Å². The lowest BCUT2D eigenvalue weighted by atomic mass is 9.97. The summed E-state index contributed by atoms with van der Waals surface area (Å²) in [6.45, 7) is 5.55. The molecule has 2 rings (SSSR count). The number of para-hydroxylation sites is 1. The largest absolute Gasteiger partial charge is 0.573 e. The molecule has 1 heterocycles. The number of ether oxygens (including phenoxy) is 1. The molecule has 0 bridgehead atoms. The van der Waals surface area contributed by atoms with Gasteiger partial charge >= 0.3 is 6.36 Å². The first-order chi connectivity index (χ1) is 11.0. The van der Waals surface area contributed by atoms with E-state index in [1.807, 2.05) is 0 Å². The Morgan fingerprint density at radius 2 is 1.83 bits per heavy atom. The van der Waals surface area contributed by atoms with Crippen LogP contribution in [0.5, 0.6) is 5.75 Å². The molecule has 0 aromatic heterocycles. The summed E-state index contributed by atoms with van der Waals surface area (Å²) in [7, 11) is 0. The molecule has 7 heteroatoms. The van der Waals surface area contributed by atoms with Gasteiger partial charge in [0.05, 0.1) is 0 Å². The molecule has 1 aromatic rings. The molecular weight excluding hydrogens is 341 g/mol. The van der Waals surface area contributed by atoms with Gasteiger partial charge < -0.3 is 10.1 Å². The topological polar surface area (TPSA) is 24.5 Å². The predicted molar refractivity (Wildman–Crippen MR) is 91.7 cm³/mol. The normalized spacial score (nSPS) is 17.2. The average Bonchev–Trinajstić information content (AvgIpc) is 2.52. The predicted octanol–water partition coefficient (Wildman–Crippen LogP) is 4.53. The number of halogens is 4. The summed E-state index contributed by atoms with van der Waals surface area (Å²) >= 11 is 0. The van der Waals surface area contributed by atoms with Crippen molar-refractivity contribution in [2.75, 3.05) is 26.2 Å². The minimum atomic E-state index is -4.66. The van der Waals surface area contributed by atoms with Gasteiger partial charge in [0.15, 0.2) is 0 Å². The van der Waals surface area contributed by atoms with Crippen molar-refractivity contribution in [3.8, 4) is 5.75 Å². The van der Waals surface area contributed by atoms with Gasteiger partial charge in [0.1, 0.15) is 5.75 Å². The SMILES string of the molecule is CCCCC[C@@H](c1ccccc1OC(F)(F)F)N1CCNCC1.Cl. The molecule has 0 amide bonds. The molecule has 1 fully saturated rings. The van der Waals surface area contributed by atoms with Crippen LogP contribution in [0.4, 0.5) is 13.2 Å². The Morgan fingerprint density at radius 3 is 2.46 bits per heavy atom. The highest BCUT2D eigenvalue weighted by Crippen LogP contribution is 2.36. The molecule has 1 aromatic carbocycles. The molecule has 1 atom stereocenters. The number of rotatable bonds is 7. The Balaban J connectivity index is 0.00000288. The van der Waals surface area contributed by atoms with E-state index in [-0.39, 0.29) is 24.2 Å². The van der Waals surface area contributed by atoms with Gasteiger partial charge in [-0.3, -0.25) is 4.90 Å². The molecule has 1 aliphatic heterocycles. The van der Waals surface area contributed by atoms with E-state index in [1.165, 1.54) is 6.07 Å². The van der Waals surface area contributed by atoms with Crippen molar-refractivity contribution in [3.63, 3.8) is 0 Å². The van der Waals surface area contributed by atoms with Crippen molar-refractivity contribution in [1.29, 1.82) is 0 Å². The molecule has 1 saturated heterocycles. The second-order valence-electron chi connectivity index (χ2n) is 5.88. The lowest BCUT2D eigenvalue weighted by Gasteiger charge is -2.36. The third-order valence-electron chi connectivity index (χ3n) is 4.18. The van der Waals surface area contributed by atoms with Crippen LogP contribution in [0.1, 0.15) is 44.2 Å². The first-order valence-corrected chi connectivity index (χ1v) is 8.30. The quantitative estimate of drug-likeness (QED) is 0.717. The highest BCUT2D eigenvalue weighted by atomic mass is 35.5. The fourth-order valence-corrected chi connectivity index (χ4v) is 3.09. The second-order valence-corrected chi connectivity index (χ2v) is 5.88. The van der Waals surface area contributed by atoms with E-state index in [4.69, 9.17) is 0 Å². The van der Waals surface area contributed by atoms with Gasteiger partial charge in [-0.2, -0.15) is 0 Å². The van der Waals surface area contributed by atoms with E-state index in [9.17, 15) is 13.2 Å². The van der Waals surface area contributed by atoms with Crippen LogP contribution in [0.25, 0.3) is 0 Å². The molecule has 0 saturated carbocycles. The Morgan fingerprint density at radius 1 is 1.17 bits per heavy atom. The number of nitrogens with zero attached hydrogens (tertiary/aromatic N) is 1. The van der Waals surface area contributed by atoms with Gasteiger partial charge in [-0.05, 0) is 12.5 Å². The van der Waals surface area contributed by atoms with E-state index in [0.717, 1.165) is 51.9 Å². The van der Waals surface area contributed by atoms with Crippen LogP contribution in [-0.2, 0) is 0 Å². The molecule has 1 N–H and O–H groups in total. The monoisotopic (exact) mass is 366 g/mol. The minimum Gasteiger partial charge on any atom is -0.405 e. The van der Waals surface area contributed by atoms with Crippen molar-refractivity contribution in [3.05, 3.63) is 29.8 Å². The highest BCUT2D eigenvalue weighted by Gasteiger charge is 2.33. The van der Waals surface area contributed by atoms with Crippen LogP contribution >= 0.6 is 12.4 Å². The van der Waals surface area contributed by atoms with Crippen molar-refractivity contribution in [1.82, 2.24) is 10.2 Å². The van der Waals surface area contributed by atoms with Crippen molar-refractivity contribution in [2.24, 2.45) is 0 Å². The Labute approximate surface area is 148 Å². The van der Waals surface area contributed by atoms with Crippen LogP contribution in [0.3, 0.4) is 0 Å². The number of unbranched alkanes of at least 4 members (excludes halogenated alkanes) is 2. The van der Waals surface area contributed by atoms with E-state index in [2.05, 4.69) is 21.9 Å². The van der Waals surface area contributed by atoms with Crippen LogP contribution in [0, 0.1) is 0 Å². The van der Waals surface area contributed by atoms with Crippen LogP contribution in [-0.4, -0.2) is 37.4 Å². The standard InChI is InChI=1S/C17H25F3N2O.ClH/c1-2-3-4-8-15(22-12-10-21-11-13-22)14-7-5-6-9-16(14)23-17(18,19)20;/h5-7,9,15,21H,2-4,8,10-13H2,1H3;1H/t15-;/m0./s1. The van der Waals surface area contributed by atoms with Crippen molar-refractivity contribution < 1.29 is 17.9 Å². The van der Waals surface area contributed by atoms with Gasteiger partial charge in [-0.25, -0.2) is 0 Å². The fraction of sp³-hybridized carbons (Fsp3) is 0.647. The summed E-state index contributed by atoms with van der Waals surface area (Å²) in [6, 6.07) is 6.53. The molecule has 3 nitrogen and oxygen atoms in total. The molecule has 0 radical (unpaired) electrons. The number of hydrogen-bond acceptors (Lipinski definition) is 3. The number of hydrogen-bond donors (Lipinski definition) is 1. The third-order valence-corrected chi connectivity index (χ3v) is 4.18. The van der Waals surface area contributed by atoms with Crippen LogP contribution in [0.2, 0.25) is 0 Å². The maximum absolute atomic E-state index is 12.7. The smallest absolute Gasteiger partial charge is 0.405 e. The molecule has 1 aliphatic rings. The Bertz CT molecular complexity index is 479. The first kappa shape index (κ1) is 21.1. The van der Waals surface area contributed by atoms with Crippen LogP contribution < -0.4 is 10.1 Å². The number of alkyl halides is 3. The molecular formula is C17H26ClF3N2O. The zero-order valence-corrected chi connectivity index (χ0v) is 14.8. The van der Waals surface area contributed by atoms with E-state index in [0.29, 0.717) is 5.56 Å². The van der Waals surface area contributed by atoms with Gasteiger partial charge in [0.2, 0.25) is 0 Å².